The molecule has 1 heterocycles. The van der Waals surface area contributed by atoms with E-state index in [9.17, 15) is 9.18 Å². The van der Waals surface area contributed by atoms with Crippen LogP contribution in [0, 0.1) is 11.7 Å². The van der Waals surface area contributed by atoms with Gasteiger partial charge >= 0.3 is 0 Å². The Bertz CT molecular complexity index is 424. The number of carbonyl (C=O) groups is 1. The molecular formula is C11H12ClFN2O. The Balaban J connectivity index is 2.28. The van der Waals surface area contributed by atoms with Crippen molar-refractivity contribution in [2.75, 3.05) is 18.0 Å². The summed E-state index contributed by atoms with van der Waals surface area (Å²) in [6.45, 7) is 1.03. The molecule has 3 nitrogen and oxygen atoms in total. The topological polar surface area (TPSA) is 46.3 Å². The lowest BCUT2D eigenvalue weighted by Crippen LogP contribution is -2.26. The molecule has 0 saturated carbocycles. The third kappa shape index (κ3) is 2.03. The molecule has 1 aromatic rings. The average molecular weight is 243 g/mol. The van der Waals surface area contributed by atoms with Crippen molar-refractivity contribution < 1.29 is 9.18 Å². The fraction of sp³-hybridized carbons (Fsp3) is 0.364. The molecule has 1 fully saturated rings. The molecule has 1 aromatic carbocycles. The van der Waals surface area contributed by atoms with E-state index in [-0.39, 0.29) is 16.8 Å². The molecule has 86 valence electrons. The maximum absolute atomic E-state index is 12.9. The number of carbonyl (C=O) groups excluding carboxylic acids is 1. The number of halogens is 2. The molecule has 5 heteroatoms. The Kier molecular flexibility index (Phi) is 3.12. The van der Waals surface area contributed by atoms with Crippen molar-refractivity contribution in [3.8, 4) is 0 Å². The van der Waals surface area contributed by atoms with Crippen LogP contribution < -0.4 is 10.6 Å². The van der Waals surface area contributed by atoms with Crippen molar-refractivity contribution in [1.82, 2.24) is 0 Å². The van der Waals surface area contributed by atoms with E-state index >= 15 is 0 Å². The summed E-state index contributed by atoms with van der Waals surface area (Å²) in [6, 6.07) is 4.03. The van der Waals surface area contributed by atoms with Crippen LogP contribution in [0.3, 0.4) is 0 Å². The maximum Gasteiger partial charge on any atom is 0.227 e. The Morgan fingerprint density at radius 2 is 2.31 bits per heavy atom. The smallest absolute Gasteiger partial charge is 0.227 e. The van der Waals surface area contributed by atoms with Gasteiger partial charge in [0.15, 0.2) is 0 Å². The minimum atomic E-state index is -0.407. The normalized spacial score (nSPS) is 20.6. The Morgan fingerprint density at radius 3 is 2.88 bits per heavy atom. The van der Waals surface area contributed by atoms with Crippen LogP contribution in [0.2, 0.25) is 5.02 Å². The molecule has 1 saturated heterocycles. The van der Waals surface area contributed by atoms with E-state index in [2.05, 4.69) is 0 Å². The second-order valence-electron chi connectivity index (χ2n) is 3.91. The maximum atomic E-state index is 12.9. The van der Waals surface area contributed by atoms with Gasteiger partial charge in [-0.05, 0) is 30.7 Å². The Morgan fingerprint density at radius 1 is 1.56 bits per heavy atom. The standard InChI is InChI=1S/C11H12ClFN2O/c12-9-4-8(13)1-2-10(9)15-6-7(5-14)3-11(15)16/h1-2,4,7H,3,5-6,14H2. The zero-order valence-corrected chi connectivity index (χ0v) is 9.38. The number of nitrogens with two attached hydrogens (primary N) is 1. The SMILES string of the molecule is NCC1CC(=O)N(c2ccc(F)cc2Cl)C1. The highest BCUT2D eigenvalue weighted by Gasteiger charge is 2.30. The van der Waals surface area contributed by atoms with E-state index in [0.29, 0.717) is 25.2 Å². The quantitative estimate of drug-likeness (QED) is 0.860. The predicted molar refractivity (Wildman–Crippen MR) is 60.9 cm³/mol. The average Bonchev–Trinajstić information content (AvgIpc) is 2.60. The van der Waals surface area contributed by atoms with Crippen LogP contribution in [0.1, 0.15) is 6.42 Å². The molecule has 1 aliphatic heterocycles. The molecule has 1 atom stereocenters. The van der Waals surface area contributed by atoms with E-state index in [1.54, 1.807) is 4.90 Å². The molecule has 0 aromatic heterocycles. The Hall–Kier alpha value is -1.13. The van der Waals surface area contributed by atoms with Crippen LogP contribution in [0.4, 0.5) is 10.1 Å². The predicted octanol–water partition coefficient (Wildman–Crippen LogP) is 1.79. The fourth-order valence-corrected chi connectivity index (χ4v) is 2.14. The zero-order chi connectivity index (χ0) is 11.7. The van der Waals surface area contributed by atoms with Gasteiger partial charge in [-0.1, -0.05) is 11.6 Å². The molecule has 16 heavy (non-hydrogen) atoms. The fourth-order valence-electron chi connectivity index (χ4n) is 1.87. The molecule has 1 amide bonds. The molecule has 1 aliphatic rings. The van der Waals surface area contributed by atoms with Gasteiger partial charge in [-0.2, -0.15) is 0 Å². The molecular weight excluding hydrogens is 231 g/mol. The van der Waals surface area contributed by atoms with Crippen molar-refractivity contribution in [3.05, 3.63) is 29.0 Å². The molecule has 1 unspecified atom stereocenters. The highest BCUT2D eigenvalue weighted by Crippen LogP contribution is 2.31. The Labute approximate surface area is 98.0 Å². The van der Waals surface area contributed by atoms with E-state index < -0.39 is 5.82 Å². The number of hydrogen-bond donors (Lipinski definition) is 1. The largest absolute Gasteiger partial charge is 0.330 e. The van der Waals surface area contributed by atoms with Gasteiger partial charge in [0.05, 0.1) is 10.7 Å². The number of rotatable bonds is 2. The number of amides is 1. The number of nitrogens with zero attached hydrogens (tertiary/aromatic N) is 1. The van der Waals surface area contributed by atoms with E-state index in [0.717, 1.165) is 0 Å². The van der Waals surface area contributed by atoms with Gasteiger partial charge in [-0.15, -0.1) is 0 Å². The molecule has 0 spiro atoms. The first kappa shape index (κ1) is 11.4. The van der Waals surface area contributed by atoms with Gasteiger partial charge in [0.1, 0.15) is 5.82 Å². The van der Waals surface area contributed by atoms with E-state index in [1.165, 1.54) is 18.2 Å². The van der Waals surface area contributed by atoms with Gasteiger partial charge in [0.25, 0.3) is 0 Å². The van der Waals surface area contributed by atoms with Crippen molar-refractivity contribution in [3.63, 3.8) is 0 Å². The van der Waals surface area contributed by atoms with Crippen LogP contribution in [0.5, 0.6) is 0 Å². The molecule has 2 rings (SSSR count). The first-order valence-corrected chi connectivity index (χ1v) is 5.45. The third-order valence-corrected chi connectivity index (χ3v) is 3.04. The highest BCUT2D eigenvalue weighted by molar-refractivity contribution is 6.33. The van der Waals surface area contributed by atoms with Crippen LogP contribution in [0.25, 0.3) is 0 Å². The van der Waals surface area contributed by atoms with Crippen molar-refractivity contribution in [2.24, 2.45) is 11.7 Å². The molecule has 0 bridgehead atoms. The lowest BCUT2D eigenvalue weighted by atomic mass is 10.1. The minimum absolute atomic E-state index is 0.0102. The first-order chi connectivity index (χ1) is 7.61. The zero-order valence-electron chi connectivity index (χ0n) is 8.62. The monoisotopic (exact) mass is 242 g/mol. The second kappa shape index (κ2) is 4.39. The summed E-state index contributed by atoms with van der Waals surface area (Å²) >= 11 is 5.90. The van der Waals surface area contributed by atoms with Crippen LogP contribution in [-0.4, -0.2) is 19.0 Å². The van der Waals surface area contributed by atoms with E-state index in [4.69, 9.17) is 17.3 Å². The highest BCUT2D eigenvalue weighted by atomic mass is 35.5. The summed E-state index contributed by atoms with van der Waals surface area (Å²) in [5.41, 5.74) is 6.09. The molecule has 0 aliphatic carbocycles. The summed E-state index contributed by atoms with van der Waals surface area (Å²) in [7, 11) is 0. The number of anilines is 1. The van der Waals surface area contributed by atoms with Crippen LogP contribution in [-0.2, 0) is 4.79 Å². The lowest BCUT2D eigenvalue weighted by Gasteiger charge is -2.17. The summed E-state index contributed by atoms with van der Waals surface area (Å²) in [6.07, 6.45) is 0.435. The molecule has 0 radical (unpaired) electrons. The van der Waals surface area contributed by atoms with E-state index in [1.807, 2.05) is 0 Å². The van der Waals surface area contributed by atoms with Gasteiger partial charge < -0.3 is 10.6 Å². The van der Waals surface area contributed by atoms with Gasteiger partial charge in [0, 0.05) is 13.0 Å². The summed E-state index contributed by atoms with van der Waals surface area (Å²) in [5.74, 6) is -0.256. The minimum Gasteiger partial charge on any atom is -0.330 e. The van der Waals surface area contributed by atoms with Crippen molar-refractivity contribution in [1.29, 1.82) is 0 Å². The van der Waals surface area contributed by atoms with Gasteiger partial charge in [-0.25, -0.2) is 4.39 Å². The number of benzene rings is 1. The van der Waals surface area contributed by atoms with Crippen molar-refractivity contribution in [2.45, 2.75) is 6.42 Å². The molecule has 2 N–H and O–H groups in total. The second-order valence-corrected chi connectivity index (χ2v) is 4.31. The van der Waals surface area contributed by atoms with Gasteiger partial charge in [-0.3, -0.25) is 4.79 Å². The van der Waals surface area contributed by atoms with Crippen LogP contribution >= 0.6 is 11.6 Å². The van der Waals surface area contributed by atoms with Crippen LogP contribution in [0.15, 0.2) is 18.2 Å². The van der Waals surface area contributed by atoms with Crippen molar-refractivity contribution >= 4 is 23.2 Å². The number of hydrogen-bond acceptors (Lipinski definition) is 2. The van der Waals surface area contributed by atoms with Gasteiger partial charge in [0.2, 0.25) is 5.91 Å². The first-order valence-electron chi connectivity index (χ1n) is 5.07. The summed E-state index contributed by atoms with van der Waals surface area (Å²) < 4.78 is 12.9. The summed E-state index contributed by atoms with van der Waals surface area (Å²) in [4.78, 5) is 13.3. The third-order valence-electron chi connectivity index (χ3n) is 2.74. The summed E-state index contributed by atoms with van der Waals surface area (Å²) in [5, 5.41) is 0.256. The lowest BCUT2D eigenvalue weighted by molar-refractivity contribution is -0.117.